The molecule has 0 bridgehead atoms. The second-order valence-corrected chi connectivity index (χ2v) is 5.87. The normalized spacial score (nSPS) is 29.2. The van der Waals surface area contributed by atoms with Crippen molar-refractivity contribution in [3.63, 3.8) is 0 Å². The van der Waals surface area contributed by atoms with Crippen LogP contribution < -0.4 is 5.32 Å². The largest absolute Gasteiger partial charge is 0.339 e. The zero-order valence-corrected chi connectivity index (χ0v) is 12.7. The van der Waals surface area contributed by atoms with Crippen LogP contribution in [0.3, 0.4) is 0 Å². The molecule has 0 spiro atoms. The van der Waals surface area contributed by atoms with Gasteiger partial charge >= 0.3 is 0 Å². The van der Waals surface area contributed by atoms with Crippen molar-refractivity contribution in [2.24, 2.45) is 5.92 Å². The van der Waals surface area contributed by atoms with Gasteiger partial charge in [0.05, 0.1) is 5.92 Å². The van der Waals surface area contributed by atoms with Gasteiger partial charge in [-0.2, -0.15) is 0 Å². The molecule has 0 radical (unpaired) electrons. The molecule has 1 aromatic rings. The molecule has 4 heteroatoms. The van der Waals surface area contributed by atoms with Crippen molar-refractivity contribution in [3.05, 3.63) is 35.9 Å². The monoisotopic (exact) mass is 294 g/mol. The average Bonchev–Trinajstić information content (AvgIpc) is 3.08. The van der Waals surface area contributed by atoms with Gasteiger partial charge in [-0.3, -0.25) is 4.79 Å². The number of likely N-dealkylation sites (tertiary alicyclic amines) is 1. The molecule has 2 saturated heterocycles. The van der Waals surface area contributed by atoms with E-state index in [-0.39, 0.29) is 18.3 Å². The number of amides is 1. The molecule has 3 nitrogen and oxygen atoms in total. The molecule has 2 fully saturated rings. The lowest BCUT2D eigenvalue weighted by atomic mass is 9.97. The van der Waals surface area contributed by atoms with Gasteiger partial charge in [0.1, 0.15) is 0 Å². The van der Waals surface area contributed by atoms with Crippen LogP contribution in [0.25, 0.3) is 0 Å². The quantitative estimate of drug-likeness (QED) is 0.908. The molecule has 0 saturated carbocycles. The van der Waals surface area contributed by atoms with Crippen molar-refractivity contribution in [1.82, 2.24) is 10.2 Å². The molecule has 2 aliphatic rings. The van der Waals surface area contributed by atoms with Crippen LogP contribution >= 0.6 is 12.4 Å². The van der Waals surface area contributed by atoms with Gasteiger partial charge in [0, 0.05) is 25.0 Å². The predicted octanol–water partition coefficient (Wildman–Crippen LogP) is 2.42. The molecule has 110 valence electrons. The molecule has 2 heterocycles. The summed E-state index contributed by atoms with van der Waals surface area (Å²) in [5, 5.41) is 3.29. The third-order valence-electron chi connectivity index (χ3n) is 4.54. The fourth-order valence-electron chi connectivity index (χ4n) is 3.40. The SMILES string of the molecule is CC1CC(c2ccccc2)CN1C(=O)C1CCNC1.Cl. The first-order chi connectivity index (χ1) is 9.25. The van der Waals surface area contributed by atoms with E-state index < -0.39 is 0 Å². The van der Waals surface area contributed by atoms with Crippen LogP contribution in [-0.2, 0) is 4.79 Å². The van der Waals surface area contributed by atoms with Crippen LogP contribution in [0.1, 0.15) is 31.2 Å². The third kappa shape index (κ3) is 2.99. The summed E-state index contributed by atoms with van der Waals surface area (Å²) in [6.45, 7) is 4.92. The van der Waals surface area contributed by atoms with Crippen molar-refractivity contribution in [1.29, 1.82) is 0 Å². The van der Waals surface area contributed by atoms with E-state index in [0.29, 0.717) is 17.9 Å². The zero-order valence-electron chi connectivity index (χ0n) is 11.9. The number of benzene rings is 1. The van der Waals surface area contributed by atoms with Gasteiger partial charge in [-0.05, 0) is 31.9 Å². The van der Waals surface area contributed by atoms with E-state index in [2.05, 4.69) is 47.5 Å². The van der Waals surface area contributed by atoms with Gasteiger partial charge in [0.2, 0.25) is 5.91 Å². The van der Waals surface area contributed by atoms with E-state index >= 15 is 0 Å². The Hall–Kier alpha value is -1.06. The summed E-state index contributed by atoms with van der Waals surface area (Å²) in [6.07, 6.45) is 2.09. The van der Waals surface area contributed by atoms with Crippen LogP contribution in [0.15, 0.2) is 30.3 Å². The molecule has 0 aliphatic carbocycles. The highest BCUT2D eigenvalue weighted by Crippen LogP contribution is 2.32. The first kappa shape index (κ1) is 15.3. The van der Waals surface area contributed by atoms with Crippen LogP contribution in [-0.4, -0.2) is 36.5 Å². The number of nitrogens with zero attached hydrogens (tertiary/aromatic N) is 1. The number of rotatable bonds is 2. The lowest BCUT2D eigenvalue weighted by Crippen LogP contribution is -2.39. The Labute approximate surface area is 127 Å². The maximum atomic E-state index is 12.5. The van der Waals surface area contributed by atoms with E-state index in [1.807, 2.05) is 0 Å². The lowest BCUT2D eigenvalue weighted by Gasteiger charge is -2.24. The minimum absolute atomic E-state index is 0. The molecule has 0 aromatic heterocycles. The number of nitrogens with one attached hydrogen (secondary N) is 1. The molecular formula is C16H23ClN2O. The highest BCUT2D eigenvalue weighted by Gasteiger charge is 2.36. The second kappa shape index (κ2) is 6.59. The fraction of sp³-hybridized carbons (Fsp3) is 0.562. The third-order valence-corrected chi connectivity index (χ3v) is 4.54. The van der Waals surface area contributed by atoms with E-state index in [4.69, 9.17) is 0 Å². The first-order valence-corrected chi connectivity index (χ1v) is 7.32. The average molecular weight is 295 g/mol. The summed E-state index contributed by atoms with van der Waals surface area (Å²) in [5.41, 5.74) is 1.37. The van der Waals surface area contributed by atoms with Gasteiger partial charge in [0.15, 0.2) is 0 Å². The summed E-state index contributed by atoms with van der Waals surface area (Å²) in [6, 6.07) is 11.0. The maximum absolute atomic E-state index is 12.5. The van der Waals surface area contributed by atoms with Crippen molar-refractivity contribution >= 4 is 18.3 Å². The minimum Gasteiger partial charge on any atom is -0.339 e. The van der Waals surface area contributed by atoms with E-state index in [1.54, 1.807) is 0 Å². The van der Waals surface area contributed by atoms with E-state index in [1.165, 1.54) is 5.56 Å². The Balaban J connectivity index is 0.00000147. The Kier molecular flexibility index (Phi) is 5.06. The molecule has 3 rings (SSSR count). The van der Waals surface area contributed by atoms with Crippen molar-refractivity contribution in [3.8, 4) is 0 Å². The molecule has 1 aromatic carbocycles. The van der Waals surface area contributed by atoms with E-state index in [9.17, 15) is 4.79 Å². The fourth-order valence-corrected chi connectivity index (χ4v) is 3.40. The molecule has 1 amide bonds. The number of hydrogen-bond donors (Lipinski definition) is 1. The van der Waals surface area contributed by atoms with Crippen LogP contribution in [0, 0.1) is 5.92 Å². The van der Waals surface area contributed by atoms with Gasteiger partial charge in [-0.15, -0.1) is 12.4 Å². The summed E-state index contributed by atoms with van der Waals surface area (Å²) in [7, 11) is 0. The summed E-state index contributed by atoms with van der Waals surface area (Å²) >= 11 is 0. The van der Waals surface area contributed by atoms with Gasteiger partial charge in [-0.25, -0.2) is 0 Å². The lowest BCUT2D eigenvalue weighted by molar-refractivity contribution is -0.135. The number of halogens is 1. The smallest absolute Gasteiger partial charge is 0.227 e. The predicted molar refractivity (Wildman–Crippen MR) is 83.2 cm³/mol. The van der Waals surface area contributed by atoms with Crippen LogP contribution in [0.4, 0.5) is 0 Å². The standard InChI is InChI=1S/C16H22N2O.ClH/c1-12-9-15(13-5-3-2-4-6-13)11-18(12)16(19)14-7-8-17-10-14;/h2-6,12,14-15,17H,7-11H2,1H3;1H. The summed E-state index contributed by atoms with van der Waals surface area (Å²) < 4.78 is 0. The van der Waals surface area contributed by atoms with Crippen molar-refractivity contribution in [2.75, 3.05) is 19.6 Å². The molecular weight excluding hydrogens is 272 g/mol. The maximum Gasteiger partial charge on any atom is 0.227 e. The number of carbonyl (C=O) groups is 1. The van der Waals surface area contributed by atoms with Gasteiger partial charge < -0.3 is 10.2 Å². The highest BCUT2D eigenvalue weighted by atomic mass is 35.5. The number of carbonyl (C=O) groups excluding carboxylic acids is 1. The van der Waals surface area contributed by atoms with Crippen LogP contribution in [0.2, 0.25) is 0 Å². The Morgan fingerprint density at radius 3 is 2.70 bits per heavy atom. The second-order valence-electron chi connectivity index (χ2n) is 5.87. The Bertz CT molecular complexity index is 445. The summed E-state index contributed by atoms with van der Waals surface area (Å²) in [4.78, 5) is 14.6. The first-order valence-electron chi connectivity index (χ1n) is 7.32. The van der Waals surface area contributed by atoms with Crippen LogP contribution in [0.5, 0.6) is 0 Å². The van der Waals surface area contributed by atoms with Gasteiger partial charge in [-0.1, -0.05) is 30.3 Å². The number of hydrogen-bond acceptors (Lipinski definition) is 2. The molecule has 2 aliphatic heterocycles. The molecule has 20 heavy (non-hydrogen) atoms. The zero-order chi connectivity index (χ0) is 13.2. The van der Waals surface area contributed by atoms with Crippen molar-refractivity contribution in [2.45, 2.75) is 31.7 Å². The topological polar surface area (TPSA) is 32.3 Å². The Morgan fingerprint density at radius 1 is 1.30 bits per heavy atom. The van der Waals surface area contributed by atoms with Gasteiger partial charge in [0.25, 0.3) is 0 Å². The molecule has 3 unspecified atom stereocenters. The summed E-state index contributed by atoms with van der Waals surface area (Å²) in [5.74, 6) is 1.07. The minimum atomic E-state index is 0. The molecule has 3 atom stereocenters. The highest BCUT2D eigenvalue weighted by molar-refractivity contribution is 5.85. The van der Waals surface area contributed by atoms with E-state index in [0.717, 1.165) is 32.5 Å². The Morgan fingerprint density at radius 2 is 2.05 bits per heavy atom. The molecule has 1 N–H and O–H groups in total. The van der Waals surface area contributed by atoms with Crippen molar-refractivity contribution < 1.29 is 4.79 Å².